The summed E-state index contributed by atoms with van der Waals surface area (Å²) in [5.74, 6) is 5.87. The maximum absolute atomic E-state index is 11.4. The van der Waals surface area contributed by atoms with Crippen LogP contribution in [0.15, 0.2) is 4.79 Å². The van der Waals surface area contributed by atoms with Crippen LogP contribution in [0.5, 0.6) is 0 Å². The Bertz CT molecular complexity index is 402. The molecular weight excluding hydrogens is 220 g/mol. The Balaban J connectivity index is 2.37. The fraction of sp³-hybridized carbons (Fsp3) is 0.700. The molecule has 0 spiro atoms. The average molecular weight is 240 g/mol. The lowest BCUT2D eigenvalue weighted by Gasteiger charge is -2.08. The highest BCUT2D eigenvalue weighted by molar-refractivity contribution is 5.23. The third-order valence-electron chi connectivity index (χ3n) is 2.47. The highest BCUT2D eigenvalue weighted by atomic mass is 16.1. The van der Waals surface area contributed by atoms with E-state index in [4.69, 9.17) is 11.6 Å². The molecule has 17 heavy (non-hydrogen) atoms. The Morgan fingerprint density at radius 1 is 1.24 bits per heavy atom. The number of nitrogen functional groups attached to an aromatic ring is 1. The quantitative estimate of drug-likeness (QED) is 0.441. The largest absolute Gasteiger partial charge is 0.353 e. The Labute approximate surface area is 100 Å². The summed E-state index contributed by atoms with van der Waals surface area (Å²) in [5.41, 5.74) is 5.36. The summed E-state index contributed by atoms with van der Waals surface area (Å²) in [4.78, 5) is 11.4. The van der Waals surface area contributed by atoms with Crippen LogP contribution in [0.1, 0.15) is 31.4 Å². The summed E-state index contributed by atoms with van der Waals surface area (Å²) in [6, 6.07) is 0. The van der Waals surface area contributed by atoms with Gasteiger partial charge in [0.1, 0.15) is 5.69 Å². The van der Waals surface area contributed by atoms with Gasteiger partial charge in [-0.3, -0.25) is 4.79 Å². The van der Waals surface area contributed by atoms with Gasteiger partial charge in [-0.2, -0.15) is 4.68 Å². The van der Waals surface area contributed by atoms with E-state index in [9.17, 15) is 4.79 Å². The van der Waals surface area contributed by atoms with Crippen LogP contribution in [0, 0.1) is 6.92 Å². The minimum absolute atomic E-state index is 0.293. The van der Waals surface area contributed by atoms with Gasteiger partial charge in [0.2, 0.25) is 5.95 Å². The number of rotatable bonds is 7. The number of nitrogens with zero attached hydrogens (tertiary/aromatic N) is 3. The molecule has 0 fully saturated rings. The molecule has 1 heterocycles. The molecule has 0 atom stereocenters. The standard InChI is InChI=1S/C10H20N6O/c1-8-9(17)16(12)10(15-14-8)13-7-5-3-2-4-6-11/h2-7,11-12H2,1H3,(H,13,15). The zero-order valence-corrected chi connectivity index (χ0v) is 10.1. The molecule has 0 aromatic carbocycles. The number of hydrogen-bond acceptors (Lipinski definition) is 6. The third-order valence-corrected chi connectivity index (χ3v) is 2.47. The lowest BCUT2D eigenvalue weighted by Crippen LogP contribution is -2.33. The lowest BCUT2D eigenvalue weighted by atomic mass is 10.2. The highest BCUT2D eigenvalue weighted by Crippen LogP contribution is 2.00. The normalized spacial score (nSPS) is 10.5. The number of anilines is 1. The monoisotopic (exact) mass is 240 g/mol. The van der Waals surface area contributed by atoms with Crippen molar-refractivity contribution in [1.29, 1.82) is 0 Å². The second-order valence-electron chi connectivity index (χ2n) is 3.91. The maximum Gasteiger partial charge on any atom is 0.295 e. The third kappa shape index (κ3) is 4.03. The minimum atomic E-state index is -0.328. The molecule has 0 radical (unpaired) electrons. The van der Waals surface area contributed by atoms with Gasteiger partial charge in [0.05, 0.1) is 0 Å². The molecule has 0 aliphatic rings. The molecule has 1 aromatic heterocycles. The Hall–Kier alpha value is -1.63. The van der Waals surface area contributed by atoms with Gasteiger partial charge < -0.3 is 16.9 Å². The van der Waals surface area contributed by atoms with Crippen molar-refractivity contribution < 1.29 is 0 Å². The van der Waals surface area contributed by atoms with Crippen LogP contribution < -0.4 is 22.5 Å². The molecule has 0 aliphatic carbocycles. The molecule has 7 nitrogen and oxygen atoms in total. The molecule has 1 aromatic rings. The molecule has 96 valence electrons. The summed E-state index contributed by atoms with van der Waals surface area (Å²) in [6.07, 6.45) is 4.25. The summed E-state index contributed by atoms with van der Waals surface area (Å²) >= 11 is 0. The Morgan fingerprint density at radius 3 is 2.65 bits per heavy atom. The summed E-state index contributed by atoms with van der Waals surface area (Å²) in [6.45, 7) is 3.04. The predicted octanol–water partition coefficient (Wildman–Crippen LogP) is -0.408. The topological polar surface area (TPSA) is 112 Å². The van der Waals surface area contributed by atoms with Gasteiger partial charge in [-0.05, 0) is 26.3 Å². The van der Waals surface area contributed by atoms with Crippen molar-refractivity contribution >= 4 is 5.95 Å². The van der Waals surface area contributed by atoms with E-state index >= 15 is 0 Å². The molecule has 0 saturated heterocycles. The first-order chi connectivity index (χ1) is 8.16. The van der Waals surface area contributed by atoms with Gasteiger partial charge >= 0.3 is 0 Å². The van der Waals surface area contributed by atoms with Gasteiger partial charge in [0.15, 0.2) is 0 Å². The van der Waals surface area contributed by atoms with Crippen molar-refractivity contribution in [2.45, 2.75) is 32.6 Å². The highest BCUT2D eigenvalue weighted by Gasteiger charge is 2.05. The average Bonchev–Trinajstić information content (AvgIpc) is 2.33. The van der Waals surface area contributed by atoms with Crippen molar-refractivity contribution in [3.63, 3.8) is 0 Å². The number of nitrogens with one attached hydrogen (secondary N) is 1. The second kappa shape index (κ2) is 6.85. The lowest BCUT2D eigenvalue weighted by molar-refractivity contribution is 0.657. The van der Waals surface area contributed by atoms with Crippen molar-refractivity contribution in [2.75, 3.05) is 24.2 Å². The number of nitrogens with two attached hydrogens (primary N) is 2. The number of unbranched alkanes of at least 4 members (excludes halogenated alkanes) is 3. The maximum atomic E-state index is 11.4. The van der Waals surface area contributed by atoms with Gasteiger partial charge in [-0.25, -0.2) is 0 Å². The second-order valence-corrected chi connectivity index (χ2v) is 3.91. The molecule has 1 rings (SSSR count). The molecule has 7 heteroatoms. The first-order valence-corrected chi connectivity index (χ1v) is 5.82. The van der Waals surface area contributed by atoms with Gasteiger partial charge in [-0.1, -0.05) is 12.8 Å². The van der Waals surface area contributed by atoms with E-state index in [2.05, 4.69) is 15.5 Å². The van der Waals surface area contributed by atoms with Crippen LogP contribution in [0.2, 0.25) is 0 Å². The molecule has 0 unspecified atom stereocenters. The molecule has 0 amide bonds. The molecule has 0 bridgehead atoms. The summed E-state index contributed by atoms with van der Waals surface area (Å²) < 4.78 is 0.988. The first-order valence-electron chi connectivity index (χ1n) is 5.82. The van der Waals surface area contributed by atoms with Crippen LogP contribution in [0.4, 0.5) is 5.95 Å². The van der Waals surface area contributed by atoms with Crippen LogP contribution in [-0.4, -0.2) is 28.0 Å². The molecule has 5 N–H and O–H groups in total. The smallest absolute Gasteiger partial charge is 0.295 e. The van der Waals surface area contributed by atoms with E-state index < -0.39 is 0 Å². The van der Waals surface area contributed by atoms with Crippen LogP contribution in [-0.2, 0) is 0 Å². The van der Waals surface area contributed by atoms with Crippen molar-refractivity contribution in [1.82, 2.24) is 14.9 Å². The molecular formula is C10H20N6O. The predicted molar refractivity (Wildman–Crippen MR) is 67.2 cm³/mol. The van der Waals surface area contributed by atoms with Crippen molar-refractivity contribution in [3.8, 4) is 0 Å². The van der Waals surface area contributed by atoms with Crippen LogP contribution in [0.25, 0.3) is 0 Å². The summed E-state index contributed by atoms with van der Waals surface area (Å²) in [7, 11) is 0. The van der Waals surface area contributed by atoms with E-state index in [0.717, 1.165) is 43.4 Å². The molecule has 0 saturated carbocycles. The number of hydrogen-bond donors (Lipinski definition) is 3. The first kappa shape index (κ1) is 13.4. The fourth-order valence-electron chi connectivity index (χ4n) is 1.43. The summed E-state index contributed by atoms with van der Waals surface area (Å²) in [5, 5.41) is 10.5. The molecule has 0 aliphatic heterocycles. The zero-order chi connectivity index (χ0) is 12.7. The minimum Gasteiger partial charge on any atom is -0.353 e. The van der Waals surface area contributed by atoms with Crippen LogP contribution >= 0.6 is 0 Å². The SMILES string of the molecule is Cc1nnc(NCCCCCCN)n(N)c1=O. The van der Waals surface area contributed by atoms with Crippen molar-refractivity contribution in [2.24, 2.45) is 5.73 Å². The van der Waals surface area contributed by atoms with E-state index in [-0.39, 0.29) is 5.56 Å². The van der Waals surface area contributed by atoms with Gasteiger partial charge in [0.25, 0.3) is 5.56 Å². The van der Waals surface area contributed by atoms with E-state index in [1.807, 2.05) is 0 Å². The van der Waals surface area contributed by atoms with Crippen LogP contribution in [0.3, 0.4) is 0 Å². The van der Waals surface area contributed by atoms with E-state index in [1.54, 1.807) is 6.92 Å². The van der Waals surface area contributed by atoms with Gasteiger partial charge in [-0.15, -0.1) is 10.2 Å². The van der Waals surface area contributed by atoms with Crippen molar-refractivity contribution in [3.05, 3.63) is 16.0 Å². The Morgan fingerprint density at radius 2 is 1.94 bits per heavy atom. The number of aromatic nitrogens is 3. The zero-order valence-electron chi connectivity index (χ0n) is 10.1. The fourth-order valence-corrected chi connectivity index (χ4v) is 1.43. The van der Waals surface area contributed by atoms with E-state index in [1.165, 1.54) is 0 Å². The van der Waals surface area contributed by atoms with Gasteiger partial charge in [0, 0.05) is 6.54 Å². The Kier molecular flexibility index (Phi) is 5.41. The van der Waals surface area contributed by atoms with E-state index in [0.29, 0.717) is 11.6 Å². The number of aryl methyl sites for hydroxylation is 1.